The van der Waals surface area contributed by atoms with Crippen LogP contribution in [0.2, 0.25) is 0 Å². The van der Waals surface area contributed by atoms with Crippen LogP contribution in [-0.4, -0.2) is 26.0 Å². The summed E-state index contributed by atoms with van der Waals surface area (Å²) in [6, 6.07) is 8.15. The van der Waals surface area contributed by atoms with Crippen molar-refractivity contribution in [1.29, 1.82) is 0 Å². The van der Waals surface area contributed by atoms with Crippen LogP contribution in [0.4, 0.5) is 4.39 Å². The molecular formula is C21H27FN4OS. The second-order valence-electron chi connectivity index (χ2n) is 7.57. The average molecular weight is 403 g/mol. The third kappa shape index (κ3) is 5.45. The molecule has 0 aliphatic rings. The molecule has 7 heteroatoms. The number of rotatable bonds is 9. The molecule has 0 aliphatic heterocycles. The standard InChI is InChI=1S/C21H27FN4OS/c1-4-5-6-19-24-26-20(27)11-18(23-21(26)28-19)14-25(12-15(2)3)13-16-7-9-17(22)10-8-16/h7-11,15H,4-6,12-14H2,1-3H3. The molecule has 5 nitrogen and oxygen atoms in total. The van der Waals surface area contributed by atoms with Crippen molar-refractivity contribution < 1.29 is 4.39 Å². The van der Waals surface area contributed by atoms with Crippen molar-refractivity contribution in [2.75, 3.05) is 6.54 Å². The van der Waals surface area contributed by atoms with Gasteiger partial charge in [0.15, 0.2) is 0 Å². The highest BCUT2D eigenvalue weighted by Gasteiger charge is 2.14. The lowest BCUT2D eigenvalue weighted by molar-refractivity contribution is 0.225. The molecule has 0 N–H and O–H groups in total. The summed E-state index contributed by atoms with van der Waals surface area (Å²) in [6.07, 6.45) is 3.03. The summed E-state index contributed by atoms with van der Waals surface area (Å²) in [5.41, 5.74) is 1.66. The van der Waals surface area contributed by atoms with E-state index < -0.39 is 0 Å². The van der Waals surface area contributed by atoms with Gasteiger partial charge in [-0.2, -0.15) is 9.61 Å². The van der Waals surface area contributed by atoms with E-state index in [1.165, 1.54) is 28.0 Å². The minimum atomic E-state index is -0.233. The van der Waals surface area contributed by atoms with Gasteiger partial charge in [-0.1, -0.05) is 50.7 Å². The lowest BCUT2D eigenvalue weighted by Crippen LogP contribution is -2.28. The van der Waals surface area contributed by atoms with E-state index in [2.05, 4.69) is 35.8 Å². The second-order valence-corrected chi connectivity index (χ2v) is 8.61. The monoisotopic (exact) mass is 402 g/mol. The number of unbranched alkanes of at least 4 members (excludes halogenated alkanes) is 1. The van der Waals surface area contributed by atoms with Crippen molar-refractivity contribution in [3.05, 3.63) is 62.8 Å². The van der Waals surface area contributed by atoms with Crippen molar-refractivity contribution in [2.45, 2.75) is 53.1 Å². The Labute approximate surface area is 168 Å². The van der Waals surface area contributed by atoms with Crippen molar-refractivity contribution in [3.63, 3.8) is 0 Å². The van der Waals surface area contributed by atoms with Gasteiger partial charge in [0, 0.05) is 32.1 Å². The Kier molecular flexibility index (Phi) is 6.91. The van der Waals surface area contributed by atoms with Gasteiger partial charge in [0.05, 0.1) is 5.69 Å². The molecule has 150 valence electrons. The van der Waals surface area contributed by atoms with Gasteiger partial charge >= 0.3 is 0 Å². The molecule has 2 aromatic heterocycles. The Balaban J connectivity index is 1.81. The van der Waals surface area contributed by atoms with E-state index in [4.69, 9.17) is 0 Å². The molecule has 0 atom stereocenters. The average Bonchev–Trinajstić information content (AvgIpc) is 3.05. The van der Waals surface area contributed by atoms with E-state index in [-0.39, 0.29) is 11.4 Å². The molecule has 0 bridgehead atoms. The minimum absolute atomic E-state index is 0.134. The topological polar surface area (TPSA) is 50.5 Å². The highest BCUT2D eigenvalue weighted by Crippen LogP contribution is 2.16. The number of fused-ring (bicyclic) bond motifs is 1. The third-order valence-corrected chi connectivity index (χ3v) is 5.38. The number of hydrogen-bond donors (Lipinski definition) is 0. The maximum atomic E-state index is 13.2. The lowest BCUT2D eigenvalue weighted by atomic mass is 10.1. The summed E-state index contributed by atoms with van der Waals surface area (Å²) in [6.45, 7) is 8.58. The van der Waals surface area contributed by atoms with Gasteiger partial charge < -0.3 is 0 Å². The van der Waals surface area contributed by atoms with Gasteiger partial charge in [0.25, 0.3) is 5.56 Å². The van der Waals surface area contributed by atoms with E-state index in [9.17, 15) is 9.18 Å². The molecule has 0 saturated carbocycles. The van der Waals surface area contributed by atoms with Crippen LogP contribution < -0.4 is 5.56 Å². The minimum Gasteiger partial charge on any atom is -0.293 e. The van der Waals surface area contributed by atoms with Crippen molar-refractivity contribution in [3.8, 4) is 0 Å². The zero-order valence-electron chi connectivity index (χ0n) is 16.7. The van der Waals surface area contributed by atoms with Gasteiger partial charge in [-0.3, -0.25) is 9.69 Å². The van der Waals surface area contributed by atoms with Crippen LogP contribution in [0, 0.1) is 11.7 Å². The fourth-order valence-electron chi connectivity index (χ4n) is 3.18. The van der Waals surface area contributed by atoms with Gasteiger partial charge in [0.2, 0.25) is 4.96 Å². The van der Waals surface area contributed by atoms with Crippen LogP contribution in [-0.2, 0) is 19.5 Å². The van der Waals surface area contributed by atoms with Gasteiger partial charge in [0.1, 0.15) is 10.8 Å². The predicted molar refractivity (Wildman–Crippen MR) is 111 cm³/mol. The number of hydrogen-bond acceptors (Lipinski definition) is 5. The second kappa shape index (κ2) is 9.39. The van der Waals surface area contributed by atoms with Crippen molar-refractivity contribution in [1.82, 2.24) is 19.5 Å². The van der Waals surface area contributed by atoms with E-state index in [0.29, 0.717) is 24.0 Å². The number of nitrogens with zero attached hydrogens (tertiary/aromatic N) is 4. The predicted octanol–water partition coefficient (Wildman–Crippen LogP) is 4.29. The van der Waals surface area contributed by atoms with E-state index in [1.54, 1.807) is 18.2 Å². The van der Waals surface area contributed by atoms with Gasteiger partial charge in [-0.15, -0.1) is 0 Å². The van der Waals surface area contributed by atoms with Crippen LogP contribution in [0.25, 0.3) is 4.96 Å². The van der Waals surface area contributed by atoms with Gasteiger partial charge in [-0.05, 0) is 30.0 Å². The molecule has 1 aromatic carbocycles. The first-order valence-corrected chi connectivity index (χ1v) is 10.6. The molecule has 2 heterocycles. The van der Waals surface area contributed by atoms with Crippen LogP contribution in [0.3, 0.4) is 0 Å². The molecule has 0 spiro atoms. The van der Waals surface area contributed by atoms with Crippen LogP contribution in [0.1, 0.15) is 49.9 Å². The molecule has 3 rings (SSSR count). The Hall–Kier alpha value is -2.12. The summed E-state index contributed by atoms with van der Waals surface area (Å²) in [5, 5.41) is 5.36. The molecule has 28 heavy (non-hydrogen) atoms. The maximum absolute atomic E-state index is 13.2. The van der Waals surface area contributed by atoms with Crippen molar-refractivity contribution >= 4 is 16.3 Å². The van der Waals surface area contributed by atoms with Crippen LogP contribution in [0.5, 0.6) is 0 Å². The highest BCUT2D eigenvalue weighted by atomic mass is 32.1. The van der Waals surface area contributed by atoms with Gasteiger partial charge in [-0.25, -0.2) is 9.37 Å². The lowest BCUT2D eigenvalue weighted by Gasteiger charge is -2.24. The number of aryl methyl sites for hydroxylation is 1. The van der Waals surface area contributed by atoms with Crippen molar-refractivity contribution in [2.24, 2.45) is 5.92 Å². The summed E-state index contributed by atoms with van der Waals surface area (Å²) >= 11 is 1.49. The molecule has 0 aliphatic carbocycles. The smallest absolute Gasteiger partial charge is 0.275 e. The fraction of sp³-hybridized carbons (Fsp3) is 0.476. The van der Waals surface area contributed by atoms with Crippen LogP contribution in [0.15, 0.2) is 35.1 Å². The Bertz CT molecular complexity index is 965. The zero-order valence-corrected chi connectivity index (χ0v) is 17.5. The molecule has 0 saturated heterocycles. The SMILES string of the molecule is CCCCc1nn2c(=O)cc(CN(Cc3ccc(F)cc3)CC(C)C)nc2s1. The highest BCUT2D eigenvalue weighted by molar-refractivity contribution is 7.16. The van der Waals surface area contributed by atoms with E-state index in [1.807, 2.05) is 0 Å². The number of halogens is 1. The Morgan fingerprint density at radius 2 is 1.96 bits per heavy atom. The Morgan fingerprint density at radius 3 is 2.64 bits per heavy atom. The normalized spacial score (nSPS) is 11.8. The first-order valence-electron chi connectivity index (χ1n) is 9.80. The summed E-state index contributed by atoms with van der Waals surface area (Å²) in [7, 11) is 0. The largest absolute Gasteiger partial charge is 0.293 e. The molecule has 3 aromatic rings. The zero-order chi connectivity index (χ0) is 20.1. The number of aromatic nitrogens is 3. The fourth-order valence-corrected chi connectivity index (χ4v) is 4.14. The number of benzene rings is 1. The Morgan fingerprint density at radius 1 is 1.21 bits per heavy atom. The summed E-state index contributed by atoms with van der Waals surface area (Å²) < 4.78 is 14.6. The molecule has 0 radical (unpaired) electrons. The molecule has 0 unspecified atom stereocenters. The maximum Gasteiger partial charge on any atom is 0.275 e. The third-order valence-electron chi connectivity index (χ3n) is 4.41. The summed E-state index contributed by atoms with van der Waals surface area (Å²) in [4.78, 5) is 20.1. The first-order chi connectivity index (χ1) is 13.4. The summed E-state index contributed by atoms with van der Waals surface area (Å²) in [5.74, 6) is 0.234. The first kappa shape index (κ1) is 20.6. The molecule has 0 fully saturated rings. The van der Waals surface area contributed by atoms with Crippen LogP contribution >= 0.6 is 11.3 Å². The van der Waals surface area contributed by atoms with E-state index in [0.717, 1.165) is 42.1 Å². The van der Waals surface area contributed by atoms with E-state index >= 15 is 0 Å². The quantitative estimate of drug-likeness (QED) is 0.536. The molecule has 0 amide bonds. The molecular weight excluding hydrogens is 375 g/mol.